The molecule has 1 aliphatic rings. The molecular weight excluding hydrogens is 352 g/mol. The highest BCUT2D eigenvalue weighted by Gasteiger charge is 2.22. The number of nitrogens with zero attached hydrogens (tertiary/aromatic N) is 2. The van der Waals surface area contributed by atoms with Gasteiger partial charge >= 0.3 is 0 Å². The van der Waals surface area contributed by atoms with Crippen molar-refractivity contribution in [2.75, 3.05) is 26.7 Å². The van der Waals surface area contributed by atoms with E-state index in [0.29, 0.717) is 25.6 Å². The van der Waals surface area contributed by atoms with Gasteiger partial charge in [0, 0.05) is 26.6 Å². The van der Waals surface area contributed by atoms with Crippen LogP contribution in [0.4, 0.5) is 0 Å². The van der Waals surface area contributed by atoms with E-state index < -0.39 is 0 Å². The Morgan fingerprint density at radius 3 is 2.61 bits per heavy atom. The number of rotatable bonds is 7. The summed E-state index contributed by atoms with van der Waals surface area (Å²) >= 11 is 0. The summed E-state index contributed by atoms with van der Waals surface area (Å²) < 4.78 is 5.93. The summed E-state index contributed by atoms with van der Waals surface area (Å²) in [5.74, 6) is 1.59. The molecule has 6 heteroatoms. The fourth-order valence-electron chi connectivity index (χ4n) is 3.25. The first-order valence-electron chi connectivity index (χ1n) is 9.70. The van der Waals surface area contributed by atoms with E-state index in [1.165, 1.54) is 5.56 Å². The van der Waals surface area contributed by atoms with E-state index in [0.717, 1.165) is 17.7 Å². The number of carbonyl (C=O) groups excluding carboxylic acids is 1. The van der Waals surface area contributed by atoms with E-state index in [9.17, 15) is 4.79 Å². The lowest BCUT2D eigenvalue weighted by Gasteiger charge is -2.22. The topological polar surface area (TPSA) is 66.0 Å². The third kappa shape index (κ3) is 5.25. The van der Waals surface area contributed by atoms with Gasteiger partial charge < -0.3 is 20.3 Å². The van der Waals surface area contributed by atoms with Crippen molar-refractivity contribution in [1.82, 2.24) is 15.5 Å². The molecule has 2 aromatic rings. The van der Waals surface area contributed by atoms with Crippen molar-refractivity contribution in [3.05, 3.63) is 65.7 Å². The highest BCUT2D eigenvalue weighted by atomic mass is 16.5. The minimum Gasteiger partial charge on any atom is -0.488 e. The summed E-state index contributed by atoms with van der Waals surface area (Å²) in [6.45, 7) is 4.09. The number of para-hydroxylation sites is 1. The SMILES string of the molecule is CCN(Cc1ccccc1)C(=O)CNC(=NC)NCC1Cc2ccccc2O1. The summed E-state index contributed by atoms with van der Waals surface area (Å²) in [7, 11) is 1.70. The van der Waals surface area contributed by atoms with Gasteiger partial charge in [-0.15, -0.1) is 0 Å². The summed E-state index contributed by atoms with van der Waals surface area (Å²) in [5, 5.41) is 6.36. The lowest BCUT2D eigenvalue weighted by molar-refractivity contribution is -0.130. The second-order valence-electron chi connectivity index (χ2n) is 6.75. The zero-order valence-corrected chi connectivity index (χ0v) is 16.5. The minimum absolute atomic E-state index is 0.0406. The number of amides is 1. The largest absolute Gasteiger partial charge is 0.488 e. The molecule has 2 N–H and O–H groups in total. The number of benzene rings is 2. The molecule has 0 spiro atoms. The maximum absolute atomic E-state index is 12.6. The van der Waals surface area contributed by atoms with Gasteiger partial charge in [0.15, 0.2) is 5.96 Å². The zero-order valence-electron chi connectivity index (χ0n) is 16.5. The molecular formula is C22H28N4O2. The quantitative estimate of drug-likeness (QED) is 0.571. The van der Waals surface area contributed by atoms with Crippen LogP contribution in [0, 0.1) is 0 Å². The van der Waals surface area contributed by atoms with Crippen LogP contribution in [-0.2, 0) is 17.8 Å². The maximum atomic E-state index is 12.6. The number of aliphatic imine (C=N–C) groups is 1. The second-order valence-corrected chi connectivity index (χ2v) is 6.75. The fraction of sp³-hybridized carbons (Fsp3) is 0.364. The Labute approximate surface area is 166 Å². The van der Waals surface area contributed by atoms with E-state index in [2.05, 4.69) is 21.7 Å². The lowest BCUT2D eigenvalue weighted by atomic mass is 10.1. The summed E-state index contributed by atoms with van der Waals surface area (Å²) in [6.07, 6.45) is 0.941. The highest BCUT2D eigenvalue weighted by Crippen LogP contribution is 2.27. The van der Waals surface area contributed by atoms with Crippen LogP contribution in [0.1, 0.15) is 18.1 Å². The van der Waals surface area contributed by atoms with Crippen molar-refractivity contribution in [2.45, 2.75) is 26.0 Å². The van der Waals surface area contributed by atoms with Gasteiger partial charge in [0.25, 0.3) is 0 Å². The molecule has 0 fully saturated rings. The highest BCUT2D eigenvalue weighted by molar-refractivity contribution is 5.86. The summed E-state index contributed by atoms with van der Waals surface area (Å²) in [5.41, 5.74) is 2.35. The normalized spacial score (nSPS) is 15.5. The van der Waals surface area contributed by atoms with Gasteiger partial charge in [-0.05, 0) is 24.1 Å². The number of fused-ring (bicyclic) bond motifs is 1. The molecule has 0 bridgehead atoms. The van der Waals surface area contributed by atoms with E-state index in [4.69, 9.17) is 4.74 Å². The molecule has 28 heavy (non-hydrogen) atoms. The van der Waals surface area contributed by atoms with Gasteiger partial charge in [0.2, 0.25) is 5.91 Å². The van der Waals surface area contributed by atoms with Crippen LogP contribution in [-0.4, -0.2) is 49.6 Å². The second kappa shape index (κ2) is 9.78. The fourth-order valence-corrected chi connectivity index (χ4v) is 3.25. The summed E-state index contributed by atoms with van der Waals surface area (Å²) in [6, 6.07) is 18.1. The van der Waals surface area contributed by atoms with Crippen LogP contribution >= 0.6 is 0 Å². The molecule has 1 atom stereocenters. The van der Waals surface area contributed by atoms with Gasteiger partial charge in [0.1, 0.15) is 11.9 Å². The summed E-state index contributed by atoms with van der Waals surface area (Å²) in [4.78, 5) is 18.6. The van der Waals surface area contributed by atoms with Crippen molar-refractivity contribution in [2.24, 2.45) is 4.99 Å². The molecule has 1 amide bonds. The number of nitrogens with one attached hydrogen (secondary N) is 2. The number of hydrogen-bond acceptors (Lipinski definition) is 3. The predicted molar refractivity (Wildman–Crippen MR) is 111 cm³/mol. The monoisotopic (exact) mass is 380 g/mol. The van der Waals surface area contributed by atoms with Gasteiger partial charge in [-0.2, -0.15) is 0 Å². The van der Waals surface area contributed by atoms with Crippen molar-refractivity contribution in [3.8, 4) is 5.75 Å². The average molecular weight is 380 g/mol. The van der Waals surface area contributed by atoms with E-state index in [1.807, 2.05) is 60.4 Å². The van der Waals surface area contributed by atoms with Crippen LogP contribution in [0.5, 0.6) is 5.75 Å². The molecule has 2 aromatic carbocycles. The average Bonchev–Trinajstić information content (AvgIpc) is 3.15. The zero-order chi connectivity index (χ0) is 19.8. The Hall–Kier alpha value is -3.02. The number of carbonyl (C=O) groups is 1. The van der Waals surface area contributed by atoms with E-state index >= 15 is 0 Å². The van der Waals surface area contributed by atoms with Crippen molar-refractivity contribution < 1.29 is 9.53 Å². The van der Waals surface area contributed by atoms with Gasteiger partial charge in [-0.3, -0.25) is 9.79 Å². The van der Waals surface area contributed by atoms with Gasteiger partial charge in [0.05, 0.1) is 13.1 Å². The molecule has 0 saturated carbocycles. The maximum Gasteiger partial charge on any atom is 0.242 e. The molecule has 1 unspecified atom stereocenters. The first-order chi connectivity index (χ1) is 13.7. The molecule has 148 valence electrons. The number of hydrogen-bond donors (Lipinski definition) is 2. The smallest absolute Gasteiger partial charge is 0.242 e. The van der Waals surface area contributed by atoms with Gasteiger partial charge in [-0.1, -0.05) is 48.5 Å². The van der Waals surface area contributed by atoms with Crippen LogP contribution in [0.25, 0.3) is 0 Å². The first-order valence-corrected chi connectivity index (χ1v) is 9.70. The Morgan fingerprint density at radius 1 is 1.14 bits per heavy atom. The number of guanidine groups is 1. The molecule has 0 aliphatic carbocycles. The Bertz CT molecular complexity index is 782. The molecule has 6 nitrogen and oxygen atoms in total. The van der Waals surface area contributed by atoms with Crippen LogP contribution in [0.15, 0.2) is 59.6 Å². The molecule has 0 aromatic heterocycles. The standard InChI is InChI=1S/C22H28N4O2/c1-3-26(16-17-9-5-4-6-10-17)21(27)15-25-22(23-2)24-14-19-13-18-11-7-8-12-20(18)28-19/h4-12,19H,3,13-16H2,1-2H3,(H2,23,24,25). The third-order valence-corrected chi connectivity index (χ3v) is 4.79. The Kier molecular flexibility index (Phi) is 6.89. The lowest BCUT2D eigenvalue weighted by Crippen LogP contribution is -2.46. The Balaban J connectivity index is 1.44. The van der Waals surface area contributed by atoms with E-state index in [1.54, 1.807) is 7.05 Å². The van der Waals surface area contributed by atoms with Crippen molar-refractivity contribution >= 4 is 11.9 Å². The number of likely N-dealkylation sites (N-methyl/N-ethyl adjacent to an activating group) is 1. The van der Waals surface area contributed by atoms with Crippen LogP contribution < -0.4 is 15.4 Å². The first kappa shape index (κ1) is 19.7. The van der Waals surface area contributed by atoms with Crippen LogP contribution in [0.3, 0.4) is 0 Å². The Morgan fingerprint density at radius 2 is 1.89 bits per heavy atom. The molecule has 0 radical (unpaired) electrons. The van der Waals surface area contributed by atoms with E-state index in [-0.39, 0.29) is 18.6 Å². The van der Waals surface area contributed by atoms with Crippen molar-refractivity contribution in [1.29, 1.82) is 0 Å². The van der Waals surface area contributed by atoms with Gasteiger partial charge in [-0.25, -0.2) is 0 Å². The minimum atomic E-state index is 0.0406. The molecule has 3 rings (SSSR count). The molecule has 0 saturated heterocycles. The molecule has 1 aliphatic heterocycles. The number of ether oxygens (including phenoxy) is 1. The third-order valence-electron chi connectivity index (χ3n) is 4.79. The predicted octanol–water partition coefficient (Wildman–Crippen LogP) is 2.20. The molecule has 1 heterocycles. The van der Waals surface area contributed by atoms with Crippen molar-refractivity contribution in [3.63, 3.8) is 0 Å². The van der Waals surface area contributed by atoms with Crippen LogP contribution in [0.2, 0.25) is 0 Å².